The highest BCUT2D eigenvalue weighted by atomic mass is 35.5. The summed E-state index contributed by atoms with van der Waals surface area (Å²) in [5.74, 6) is 0.672. The zero-order chi connectivity index (χ0) is 19.9. The van der Waals surface area contributed by atoms with E-state index in [1.165, 1.54) is 0 Å². The molecule has 1 fully saturated rings. The van der Waals surface area contributed by atoms with Crippen molar-refractivity contribution >= 4 is 23.4 Å². The normalized spacial score (nSPS) is 19.3. The smallest absolute Gasteiger partial charge is 0.254 e. The molecule has 1 aromatic carbocycles. The first-order chi connectivity index (χ1) is 13.6. The monoisotopic (exact) mass is 399 g/mol. The average Bonchev–Trinajstić information content (AvgIpc) is 2.73. The highest BCUT2D eigenvalue weighted by Gasteiger charge is 2.32. The second-order valence-electron chi connectivity index (χ2n) is 7.30. The number of amides is 2. The lowest BCUT2D eigenvalue weighted by molar-refractivity contribution is -0.123. The van der Waals surface area contributed by atoms with Gasteiger partial charge in [-0.1, -0.05) is 55.3 Å². The molecule has 0 saturated carbocycles. The Labute approximate surface area is 171 Å². The molecule has 0 aliphatic carbocycles. The molecule has 28 heavy (non-hydrogen) atoms. The number of benzene rings is 1. The number of rotatable bonds is 6. The van der Waals surface area contributed by atoms with Gasteiger partial charge in [-0.25, -0.2) is 4.98 Å². The van der Waals surface area contributed by atoms with Gasteiger partial charge in [0.05, 0.1) is 0 Å². The van der Waals surface area contributed by atoms with Crippen molar-refractivity contribution in [2.45, 2.75) is 32.7 Å². The number of pyridine rings is 1. The van der Waals surface area contributed by atoms with Crippen LogP contribution >= 0.6 is 11.6 Å². The van der Waals surface area contributed by atoms with E-state index in [0.29, 0.717) is 48.6 Å². The molecule has 1 saturated heterocycles. The van der Waals surface area contributed by atoms with Gasteiger partial charge in [-0.2, -0.15) is 0 Å². The van der Waals surface area contributed by atoms with Gasteiger partial charge in [-0.3, -0.25) is 9.59 Å². The molecule has 1 aliphatic rings. The second kappa shape index (κ2) is 9.69. The van der Waals surface area contributed by atoms with Gasteiger partial charge in [0.2, 0.25) is 5.91 Å². The molecular formula is C22H26ClN3O2. The summed E-state index contributed by atoms with van der Waals surface area (Å²) in [6, 6.07) is 13.2. The predicted molar refractivity (Wildman–Crippen MR) is 110 cm³/mol. The number of piperidine rings is 1. The molecule has 3 rings (SSSR count). The maximum atomic E-state index is 12.8. The minimum Gasteiger partial charge on any atom is -0.352 e. The summed E-state index contributed by atoms with van der Waals surface area (Å²) < 4.78 is 0. The Hall–Kier alpha value is -2.40. The molecule has 2 aromatic rings. The van der Waals surface area contributed by atoms with Gasteiger partial charge in [0.25, 0.3) is 5.91 Å². The van der Waals surface area contributed by atoms with Crippen LogP contribution < -0.4 is 5.32 Å². The van der Waals surface area contributed by atoms with Crippen LogP contribution in [0, 0.1) is 11.8 Å². The van der Waals surface area contributed by atoms with E-state index in [2.05, 4.69) is 17.2 Å². The van der Waals surface area contributed by atoms with E-state index < -0.39 is 0 Å². The summed E-state index contributed by atoms with van der Waals surface area (Å²) in [4.78, 5) is 31.0. The largest absolute Gasteiger partial charge is 0.352 e. The van der Waals surface area contributed by atoms with E-state index >= 15 is 0 Å². The van der Waals surface area contributed by atoms with Gasteiger partial charge in [-0.05, 0) is 36.0 Å². The molecule has 2 atom stereocenters. The molecule has 1 N–H and O–H groups in total. The average molecular weight is 400 g/mol. The maximum absolute atomic E-state index is 12.8. The zero-order valence-electron chi connectivity index (χ0n) is 16.1. The number of hydrogen-bond donors (Lipinski definition) is 1. The molecule has 2 amide bonds. The van der Waals surface area contributed by atoms with Crippen molar-refractivity contribution in [3.63, 3.8) is 0 Å². The van der Waals surface area contributed by atoms with Crippen molar-refractivity contribution in [1.29, 1.82) is 0 Å². The van der Waals surface area contributed by atoms with Crippen molar-refractivity contribution in [2.24, 2.45) is 11.8 Å². The van der Waals surface area contributed by atoms with Crippen LogP contribution in [0.4, 0.5) is 0 Å². The first kappa shape index (κ1) is 20.3. The maximum Gasteiger partial charge on any atom is 0.254 e. The Bertz CT molecular complexity index is 812. The second-order valence-corrected chi connectivity index (χ2v) is 7.69. The topological polar surface area (TPSA) is 62.3 Å². The van der Waals surface area contributed by atoms with Crippen LogP contribution in [-0.2, 0) is 11.3 Å². The molecular weight excluding hydrogens is 374 g/mol. The number of nitrogens with one attached hydrogen (secondary N) is 1. The Morgan fingerprint density at radius 2 is 2.00 bits per heavy atom. The van der Waals surface area contributed by atoms with Gasteiger partial charge in [0, 0.05) is 37.8 Å². The number of nitrogens with zero attached hydrogens (tertiary/aromatic N) is 2. The van der Waals surface area contributed by atoms with Gasteiger partial charge in [0.15, 0.2) is 0 Å². The molecule has 2 unspecified atom stereocenters. The van der Waals surface area contributed by atoms with Crippen LogP contribution in [0.15, 0.2) is 48.7 Å². The van der Waals surface area contributed by atoms with E-state index in [0.717, 1.165) is 18.4 Å². The fraction of sp³-hybridized carbons (Fsp3) is 0.409. The van der Waals surface area contributed by atoms with E-state index in [4.69, 9.17) is 11.6 Å². The number of carbonyl (C=O) groups is 2. The molecule has 0 bridgehead atoms. The van der Waals surface area contributed by atoms with E-state index in [1.807, 2.05) is 35.2 Å². The number of aromatic nitrogens is 1. The van der Waals surface area contributed by atoms with Gasteiger partial charge in [-0.15, -0.1) is 0 Å². The number of hydrogen-bond acceptors (Lipinski definition) is 3. The van der Waals surface area contributed by atoms with Crippen molar-refractivity contribution < 1.29 is 9.59 Å². The number of carbonyl (C=O) groups excluding carboxylic acids is 2. The summed E-state index contributed by atoms with van der Waals surface area (Å²) in [5.41, 5.74) is 1.66. The molecule has 6 heteroatoms. The Morgan fingerprint density at radius 1 is 1.21 bits per heavy atom. The highest BCUT2D eigenvalue weighted by molar-refractivity contribution is 6.29. The van der Waals surface area contributed by atoms with Crippen molar-refractivity contribution in [3.05, 3.63) is 64.9 Å². The molecule has 1 aliphatic heterocycles. The lowest BCUT2D eigenvalue weighted by Crippen LogP contribution is -2.44. The fourth-order valence-electron chi connectivity index (χ4n) is 3.82. The van der Waals surface area contributed by atoms with Gasteiger partial charge < -0.3 is 10.2 Å². The van der Waals surface area contributed by atoms with Crippen molar-refractivity contribution in [2.75, 3.05) is 13.1 Å². The lowest BCUT2D eigenvalue weighted by Gasteiger charge is -2.38. The Balaban J connectivity index is 1.54. The predicted octanol–water partition coefficient (Wildman–Crippen LogP) is 3.93. The Morgan fingerprint density at radius 3 is 2.71 bits per heavy atom. The van der Waals surface area contributed by atoms with Crippen LogP contribution in [0.1, 0.15) is 42.1 Å². The van der Waals surface area contributed by atoms with Gasteiger partial charge >= 0.3 is 0 Å². The van der Waals surface area contributed by atoms with Crippen LogP contribution in [0.2, 0.25) is 5.15 Å². The van der Waals surface area contributed by atoms with Gasteiger partial charge in [0.1, 0.15) is 5.15 Å². The fourth-order valence-corrected chi connectivity index (χ4v) is 4.00. The van der Waals surface area contributed by atoms with E-state index in [1.54, 1.807) is 18.3 Å². The molecule has 1 aromatic heterocycles. The van der Waals surface area contributed by atoms with E-state index in [9.17, 15) is 9.59 Å². The first-order valence-electron chi connectivity index (χ1n) is 9.78. The molecule has 0 spiro atoms. The third-order valence-electron chi connectivity index (χ3n) is 5.46. The van der Waals surface area contributed by atoms with Crippen LogP contribution in [0.5, 0.6) is 0 Å². The third-order valence-corrected chi connectivity index (χ3v) is 5.66. The summed E-state index contributed by atoms with van der Waals surface area (Å²) in [6.45, 7) is 4.01. The first-order valence-corrected chi connectivity index (χ1v) is 10.2. The number of likely N-dealkylation sites (tertiary alicyclic amines) is 1. The SMILES string of the molecule is CCC1CN(C(=O)c2ccnc(Cl)c2)CCC1CC(=O)NCc1ccccc1. The molecule has 5 nitrogen and oxygen atoms in total. The zero-order valence-corrected chi connectivity index (χ0v) is 16.9. The quantitative estimate of drug-likeness (QED) is 0.748. The Kier molecular flexibility index (Phi) is 7.04. The summed E-state index contributed by atoms with van der Waals surface area (Å²) in [6.07, 6.45) is 3.84. The number of halogens is 1. The van der Waals surface area contributed by atoms with Crippen LogP contribution in [0.25, 0.3) is 0 Å². The minimum atomic E-state index is -0.0188. The summed E-state index contributed by atoms with van der Waals surface area (Å²) in [7, 11) is 0. The van der Waals surface area contributed by atoms with Crippen molar-refractivity contribution in [1.82, 2.24) is 15.2 Å². The minimum absolute atomic E-state index is 0.0188. The summed E-state index contributed by atoms with van der Waals surface area (Å²) in [5, 5.41) is 3.34. The molecule has 148 valence electrons. The standard InChI is InChI=1S/C22H26ClN3O2/c1-2-17-15-26(22(28)19-8-10-24-20(23)12-19)11-9-18(17)13-21(27)25-14-16-6-4-3-5-7-16/h3-8,10,12,17-18H,2,9,11,13-15H2,1H3,(H,25,27). The van der Waals surface area contributed by atoms with Crippen LogP contribution in [-0.4, -0.2) is 34.8 Å². The highest BCUT2D eigenvalue weighted by Crippen LogP contribution is 2.30. The van der Waals surface area contributed by atoms with E-state index in [-0.39, 0.29) is 11.8 Å². The summed E-state index contributed by atoms with van der Waals surface area (Å²) >= 11 is 5.91. The van der Waals surface area contributed by atoms with Crippen LogP contribution in [0.3, 0.4) is 0 Å². The lowest BCUT2D eigenvalue weighted by atomic mass is 9.81. The third kappa shape index (κ3) is 5.32. The molecule has 0 radical (unpaired) electrons. The van der Waals surface area contributed by atoms with Crippen molar-refractivity contribution in [3.8, 4) is 0 Å². The molecule has 2 heterocycles.